The van der Waals surface area contributed by atoms with Crippen LogP contribution in [0.15, 0.2) is 24.3 Å². The van der Waals surface area contributed by atoms with Gasteiger partial charge < -0.3 is 10.8 Å². The fraction of sp³-hybridized carbons (Fsp3) is 0.647. The Hall–Kier alpha value is -0.570. The zero-order valence-electron chi connectivity index (χ0n) is 12.3. The summed E-state index contributed by atoms with van der Waals surface area (Å²) in [7, 11) is 0. The summed E-state index contributed by atoms with van der Waals surface area (Å²) in [6.07, 6.45) is 6.51. The van der Waals surface area contributed by atoms with Gasteiger partial charge in [-0.25, -0.2) is 0 Å². The minimum Gasteiger partial charge on any atom is -0.388 e. The maximum Gasteiger partial charge on any atom is 0.0858 e. The Balaban J connectivity index is 2.09. The smallest absolute Gasteiger partial charge is 0.0858 e. The van der Waals surface area contributed by atoms with Gasteiger partial charge in [0, 0.05) is 17.0 Å². The summed E-state index contributed by atoms with van der Waals surface area (Å²) >= 11 is 5.92. The second kappa shape index (κ2) is 6.93. The summed E-state index contributed by atoms with van der Waals surface area (Å²) in [5, 5.41) is 11.5. The quantitative estimate of drug-likeness (QED) is 0.850. The SMILES string of the molecule is CCCC1CCC(CN)(C(O)c2ccc(Cl)cc2)CC1. The second-order valence-corrected chi connectivity index (χ2v) is 6.69. The Morgan fingerprint density at radius 3 is 2.40 bits per heavy atom. The van der Waals surface area contributed by atoms with E-state index < -0.39 is 6.10 Å². The molecule has 1 aromatic carbocycles. The lowest BCUT2D eigenvalue weighted by Gasteiger charge is -2.43. The minimum atomic E-state index is -0.479. The Morgan fingerprint density at radius 1 is 1.30 bits per heavy atom. The zero-order chi connectivity index (χ0) is 14.6. The Bertz CT molecular complexity index is 410. The summed E-state index contributed by atoms with van der Waals surface area (Å²) in [6, 6.07) is 7.52. The molecule has 1 aliphatic carbocycles. The largest absolute Gasteiger partial charge is 0.388 e. The summed E-state index contributed by atoms with van der Waals surface area (Å²) in [6.45, 7) is 2.79. The first-order chi connectivity index (χ1) is 9.61. The molecule has 0 heterocycles. The van der Waals surface area contributed by atoms with Crippen molar-refractivity contribution in [2.45, 2.75) is 51.6 Å². The monoisotopic (exact) mass is 295 g/mol. The lowest BCUT2D eigenvalue weighted by Crippen LogP contribution is -2.40. The molecule has 1 saturated carbocycles. The molecule has 0 spiro atoms. The number of halogens is 1. The van der Waals surface area contributed by atoms with Crippen LogP contribution in [0, 0.1) is 11.3 Å². The van der Waals surface area contributed by atoms with Gasteiger partial charge >= 0.3 is 0 Å². The van der Waals surface area contributed by atoms with Gasteiger partial charge in [-0.2, -0.15) is 0 Å². The van der Waals surface area contributed by atoms with Crippen LogP contribution in [0.4, 0.5) is 0 Å². The number of rotatable bonds is 5. The third-order valence-electron chi connectivity index (χ3n) is 4.97. The second-order valence-electron chi connectivity index (χ2n) is 6.25. The first kappa shape index (κ1) is 15.8. The van der Waals surface area contributed by atoms with Crippen LogP contribution < -0.4 is 5.73 Å². The van der Waals surface area contributed by atoms with Crippen molar-refractivity contribution >= 4 is 11.6 Å². The van der Waals surface area contributed by atoms with Crippen molar-refractivity contribution in [1.82, 2.24) is 0 Å². The molecule has 1 atom stereocenters. The molecule has 1 fully saturated rings. The van der Waals surface area contributed by atoms with Gasteiger partial charge in [0.2, 0.25) is 0 Å². The molecule has 1 aromatic rings. The Labute approximate surface area is 127 Å². The highest BCUT2D eigenvalue weighted by Gasteiger charge is 2.40. The van der Waals surface area contributed by atoms with Crippen molar-refractivity contribution in [3.8, 4) is 0 Å². The molecule has 2 rings (SSSR count). The van der Waals surface area contributed by atoms with Gasteiger partial charge in [0.25, 0.3) is 0 Å². The topological polar surface area (TPSA) is 46.2 Å². The van der Waals surface area contributed by atoms with Gasteiger partial charge in [0.1, 0.15) is 0 Å². The molecule has 1 aliphatic rings. The molecule has 0 aliphatic heterocycles. The van der Waals surface area contributed by atoms with Gasteiger partial charge in [-0.1, -0.05) is 43.5 Å². The van der Waals surface area contributed by atoms with E-state index in [0.717, 1.165) is 24.3 Å². The van der Waals surface area contributed by atoms with Crippen LogP contribution in [0.2, 0.25) is 5.02 Å². The van der Waals surface area contributed by atoms with E-state index in [1.165, 1.54) is 25.7 Å². The predicted octanol–water partition coefficient (Wildman–Crippen LogP) is 4.31. The standard InChI is InChI=1S/C17H26ClNO/c1-2-3-13-8-10-17(12-19,11-9-13)16(20)14-4-6-15(18)7-5-14/h4-7,13,16,20H,2-3,8-12,19H2,1H3. The lowest BCUT2D eigenvalue weighted by molar-refractivity contribution is -0.0108. The van der Waals surface area contributed by atoms with Crippen LogP contribution in [0.3, 0.4) is 0 Å². The molecule has 0 bridgehead atoms. The average Bonchev–Trinajstić information content (AvgIpc) is 2.49. The van der Waals surface area contributed by atoms with Crippen molar-refractivity contribution in [1.29, 1.82) is 0 Å². The molecule has 3 heteroatoms. The van der Waals surface area contributed by atoms with Gasteiger partial charge in [0.05, 0.1) is 6.10 Å². The average molecular weight is 296 g/mol. The van der Waals surface area contributed by atoms with Crippen molar-refractivity contribution in [3.05, 3.63) is 34.9 Å². The molecular formula is C17H26ClNO. The number of nitrogens with two attached hydrogens (primary N) is 1. The van der Waals surface area contributed by atoms with Crippen LogP contribution in [-0.4, -0.2) is 11.7 Å². The van der Waals surface area contributed by atoms with Crippen LogP contribution in [0.1, 0.15) is 57.1 Å². The van der Waals surface area contributed by atoms with E-state index in [9.17, 15) is 5.11 Å². The molecule has 0 radical (unpaired) electrons. The summed E-state index contributed by atoms with van der Waals surface area (Å²) in [4.78, 5) is 0. The number of aliphatic hydroxyl groups is 1. The number of hydrogen-bond donors (Lipinski definition) is 2. The van der Waals surface area contributed by atoms with Crippen LogP contribution in [0.25, 0.3) is 0 Å². The van der Waals surface area contributed by atoms with Gasteiger partial charge in [-0.3, -0.25) is 0 Å². The van der Waals surface area contributed by atoms with E-state index in [2.05, 4.69) is 6.92 Å². The number of aliphatic hydroxyl groups excluding tert-OH is 1. The van der Waals surface area contributed by atoms with Crippen molar-refractivity contribution in [2.24, 2.45) is 17.1 Å². The zero-order valence-corrected chi connectivity index (χ0v) is 13.1. The highest BCUT2D eigenvalue weighted by atomic mass is 35.5. The lowest BCUT2D eigenvalue weighted by atomic mass is 9.65. The summed E-state index contributed by atoms with van der Waals surface area (Å²) in [5.41, 5.74) is 6.82. The van der Waals surface area contributed by atoms with Crippen LogP contribution in [0.5, 0.6) is 0 Å². The van der Waals surface area contributed by atoms with Crippen LogP contribution >= 0.6 is 11.6 Å². The summed E-state index contributed by atoms with van der Waals surface area (Å²) in [5.74, 6) is 0.817. The Morgan fingerprint density at radius 2 is 1.90 bits per heavy atom. The highest BCUT2D eigenvalue weighted by Crippen LogP contribution is 2.47. The third-order valence-corrected chi connectivity index (χ3v) is 5.22. The van der Waals surface area contributed by atoms with Crippen molar-refractivity contribution in [3.63, 3.8) is 0 Å². The van der Waals surface area contributed by atoms with E-state index in [1.54, 1.807) is 0 Å². The fourth-order valence-electron chi connectivity index (χ4n) is 3.54. The molecule has 20 heavy (non-hydrogen) atoms. The molecule has 112 valence electrons. The van der Waals surface area contributed by atoms with E-state index in [-0.39, 0.29) is 5.41 Å². The molecule has 2 nitrogen and oxygen atoms in total. The minimum absolute atomic E-state index is 0.155. The van der Waals surface area contributed by atoms with E-state index in [1.807, 2.05) is 24.3 Å². The van der Waals surface area contributed by atoms with Crippen molar-refractivity contribution < 1.29 is 5.11 Å². The number of benzene rings is 1. The first-order valence-electron chi connectivity index (χ1n) is 7.75. The molecule has 0 aromatic heterocycles. The van der Waals surface area contributed by atoms with Crippen molar-refractivity contribution in [2.75, 3.05) is 6.54 Å². The highest BCUT2D eigenvalue weighted by molar-refractivity contribution is 6.30. The fourth-order valence-corrected chi connectivity index (χ4v) is 3.66. The number of hydrogen-bond acceptors (Lipinski definition) is 2. The maximum atomic E-state index is 10.8. The molecule has 1 unspecified atom stereocenters. The first-order valence-corrected chi connectivity index (χ1v) is 8.12. The Kier molecular flexibility index (Phi) is 5.48. The van der Waals surface area contributed by atoms with Gasteiger partial charge in [-0.15, -0.1) is 0 Å². The van der Waals surface area contributed by atoms with E-state index in [4.69, 9.17) is 17.3 Å². The summed E-state index contributed by atoms with van der Waals surface area (Å²) < 4.78 is 0. The van der Waals surface area contributed by atoms with Crippen LogP contribution in [-0.2, 0) is 0 Å². The normalized spacial score (nSPS) is 28.3. The van der Waals surface area contributed by atoms with Gasteiger partial charge in [0.15, 0.2) is 0 Å². The molecule has 0 saturated heterocycles. The molecular weight excluding hydrogens is 270 g/mol. The molecule has 3 N–H and O–H groups in total. The van der Waals surface area contributed by atoms with E-state index >= 15 is 0 Å². The predicted molar refractivity (Wildman–Crippen MR) is 84.8 cm³/mol. The van der Waals surface area contributed by atoms with Gasteiger partial charge in [-0.05, 0) is 49.3 Å². The third kappa shape index (κ3) is 3.36. The van der Waals surface area contributed by atoms with E-state index in [0.29, 0.717) is 11.6 Å². The maximum absolute atomic E-state index is 10.8. The molecule has 0 amide bonds.